The number of para-hydroxylation sites is 2. The molecule has 2 heterocycles. The van der Waals surface area contributed by atoms with Crippen molar-refractivity contribution in [3.8, 4) is 16.9 Å². The molecule has 0 unspecified atom stereocenters. The predicted octanol–water partition coefficient (Wildman–Crippen LogP) is 7.45. The number of benzene rings is 5. The number of amides is 1. The van der Waals surface area contributed by atoms with Crippen LogP contribution >= 0.6 is 0 Å². The summed E-state index contributed by atoms with van der Waals surface area (Å²) in [7, 11) is 0. The molecule has 1 aliphatic rings. The number of carbonyl (C=O) groups is 1. The second-order valence-electron chi connectivity index (χ2n) is 9.27. The lowest BCUT2D eigenvalue weighted by Crippen LogP contribution is -2.22. The van der Waals surface area contributed by atoms with Gasteiger partial charge in [0, 0.05) is 22.3 Å². The molecule has 186 valence electrons. The van der Waals surface area contributed by atoms with E-state index in [1.807, 2.05) is 120 Å². The highest BCUT2D eigenvalue weighted by atomic mass is 16.2. The van der Waals surface area contributed by atoms with Gasteiger partial charge in [-0.1, -0.05) is 91.0 Å². The summed E-state index contributed by atoms with van der Waals surface area (Å²) in [5.41, 5.74) is 5.92. The SMILES string of the molecule is O=C(Nc1ccccc1)c1nn(-c2ccccc2)c(-c2ccccc2)c1C1=Nc2cccc3cccc(c23)N1. The maximum absolute atomic E-state index is 13.9. The molecular weight excluding hydrogens is 482 g/mol. The van der Waals surface area contributed by atoms with E-state index in [0.717, 1.165) is 39.1 Å². The first kappa shape index (κ1) is 22.7. The molecule has 0 saturated carbocycles. The smallest absolute Gasteiger partial charge is 0.276 e. The van der Waals surface area contributed by atoms with Gasteiger partial charge in [0.05, 0.1) is 22.6 Å². The third kappa shape index (κ3) is 4.04. The van der Waals surface area contributed by atoms with Gasteiger partial charge in [0.2, 0.25) is 0 Å². The molecule has 0 radical (unpaired) electrons. The van der Waals surface area contributed by atoms with Crippen molar-refractivity contribution in [1.82, 2.24) is 9.78 Å². The van der Waals surface area contributed by atoms with Crippen LogP contribution in [0.1, 0.15) is 16.1 Å². The third-order valence-corrected chi connectivity index (χ3v) is 6.78. The van der Waals surface area contributed by atoms with Gasteiger partial charge in [-0.2, -0.15) is 5.10 Å². The van der Waals surface area contributed by atoms with Gasteiger partial charge >= 0.3 is 0 Å². The molecule has 0 bridgehead atoms. The number of nitrogens with one attached hydrogen (secondary N) is 2. The zero-order chi connectivity index (χ0) is 26.2. The van der Waals surface area contributed by atoms with E-state index in [2.05, 4.69) is 22.8 Å². The van der Waals surface area contributed by atoms with E-state index in [1.54, 1.807) is 0 Å². The molecule has 2 N–H and O–H groups in total. The standard InChI is InChI=1S/C33H23N5O/c39-33(34-24-16-6-2-7-17-24)30-29(32-35-26-20-10-14-22-15-11-21-27(36-32)28(22)26)31(23-12-4-1-5-13-23)38(37-30)25-18-8-3-9-19-25/h1-21H,(H,34,39)(H,35,36). The van der Waals surface area contributed by atoms with Gasteiger partial charge in [-0.15, -0.1) is 0 Å². The second kappa shape index (κ2) is 9.43. The Labute approximate surface area is 225 Å². The Bertz CT molecular complexity index is 1850. The molecule has 5 aromatic carbocycles. The van der Waals surface area contributed by atoms with Crippen molar-refractivity contribution in [3.05, 3.63) is 139 Å². The van der Waals surface area contributed by atoms with Crippen LogP contribution in [-0.2, 0) is 0 Å². The second-order valence-corrected chi connectivity index (χ2v) is 9.27. The van der Waals surface area contributed by atoms with E-state index in [4.69, 9.17) is 10.1 Å². The van der Waals surface area contributed by atoms with Gasteiger partial charge in [0.25, 0.3) is 5.91 Å². The Balaban J connectivity index is 1.50. The van der Waals surface area contributed by atoms with Gasteiger partial charge < -0.3 is 10.6 Å². The Morgan fingerprint density at radius 2 is 1.38 bits per heavy atom. The van der Waals surface area contributed by atoms with Crippen LogP contribution in [0.4, 0.5) is 17.1 Å². The first-order chi connectivity index (χ1) is 19.3. The van der Waals surface area contributed by atoms with E-state index >= 15 is 0 Å². The van der Waals surface area contributed by atoms with Gasteiger partial charge in [0.15, 0.2) is 5.69 Å². The summed E-state index contributed by atoms with van der Waals surface area (Å²) in [4.78, 5) is 18.9. The van der Waals surface area contributed by atoms with Crippen LogP contribution in [0.2, 0.25) is 0 Å². The Morgan fingerprint density at radius 3 is 2.13 bits per heavy atom. The van der Waals surface area contributed by atoms with Crippen molar-refractivity contribution >= 4 is 39.6 Å². The highest BCUT2D eigenvalue weighted by Crippen LogP contribution is 2.39. The van der Waals surface area contributed by atoms with Crippen molar-refractivity contribution < 1.29 is 4.79 Å². The van der Waals surface area contributed by atoms with Crippen LogP contribution in [0.3, 0.4) is 0 Å². The van der Waals surface area contributed by atoms with E-state index in [1.165, 1.54) is 0 Å². The van der Waals surface area contributed by atoms with Gasteiger partial charge in [-0.05, 0) is 41.8 Å². The molecule has 6 aromatic rings. The Kier molecular flexibility index (Phi) is 5.49. The molecule has 1 aliphatic heterocycles. The Hall–Kier alpha value is -5.49. The highest BCUT2D eigenvalue weighted by molar-refractivity contribution is 6.24. The van der Waals surface area contributed by atoms with Crippen molar-refractivity contribution in [2.45, 2.75) is 0 Å². The number of hydrogen-bond acceptors (Lipinski definition) is 4. The number of aromatic nitrogens is 2. The first-order valence-electron chi connectivity index (χ1n) is 12.7. The molecule has 1 amide bonds. The minimum absolute atomic E-state index is 0.277. The minimum atomic E-state index is -0.315. The number of hydrogen-bond donors (Lipinski definition) is 2. The van der Waals surface area contributed by atoms with Gasteiger partial charge in [-0.3, -0.25) is 4.79 Å². The van der Waals surface area contributed by atoms with Crippen LogP contribution in [0, 0.1) is 0 Å². The molecule has 1 aromatic heterocycles. The normalized spacial score (nSPS) is 12.1. The molecule has 0 fully saturated rings. The molecule has 0 spiro atoms. The Morgan fingerprint density at radius 1 is 0.718 bits per heavy atom. The minimum Gasteiger partial charge on any atom is -0.339 e. The predicted molar refractivity (Wildman–Crippen MR) is 157 cm³/mol. The molecule has 39 heavy (non-hydrogen) atoms. The fraction of sp³-hybridized carbons (Fsp3) is 0. The zero-order valence-corrected chi connectivity index (χ0v) is 20.9. The number of rotatable bonds is 5. The summed E-state index contributed by atoms with van der Waals surface area (Å²) in [6.07, 6.45) is 0. The summed E-state index contributed by atoms with van der Waals surface area (Å²) >= 11 is 0. The van der Waals surface area contributed by atoms with Crippen LogP contribution < -0.4 is 10.6 Å². The number of amidine groups is 1. The monoisotopic (exact) mass is 505 g/mol. The van der Waals surface area contributed by atoms with Crippen LogP contribution in [0.25, 0.3) is 27.7 Å². The fourth-order valence-corrected chi connectivity index (χ4v) is 5.04. The average Bonchev–Trinajstić information content (AvgIpc) is 3.40. The topological polar surface area (TPSA) is 71.3 Å². The molecular formula is C33H23N5O. The van der Waals surface area contributed by atoms with Crippen LogP contribution in [0.5, 0.6) is 0 Å². The molecule has 7 rings (SSSR count). The summed E-state index contributed by atoms with van der Waals surface area (Å²) in [6, 6.07) is 41.5. The van der Waals surface area contributed by atoms with Crippen molar-refractivity contribution in [3.63, 3.8) is 0 Å². The van der Waals surface area contributed by atoms with E-state index in [0.29, 0.717) is 17.1 Å². The lowest BCUT2D eigenvalue weighted by molar-refractivity contribution is 0.102. The van der Waals surface area contributed by atoms with Crippen molar-refractivity contribution in [2.24, 2.45) is 4.99 Å². The van der Waals surface area contributed by atoms with Gasteiger partial charge in [0.1, 0.15) is 5.84 Å². The van der Waals surface area contributed by atoms with E-state index in [9.17, 15) is 4.79 Å². The lowest BCUT2D eigenvalue weighted by atomic mass is 10.0. The molecule has 0 atom stereocenters. The number of nitrogens with zero attached hydrogens (tertiary/aromatic N) is 3. The molecule has 6 heteroatoms. The summed E-state index contributed by atoms with van der Waals surface area (Å²) in [5, 5.41) is 13.6. The highest BCUT2D eigenvalue weighted by Gasteiger charge is 2.30. The van der Waals surface area contributed by atoms with E-state index < -0.39 is 0 Å². The lowest BCUT2D eigenvalue weighted by Gasteiger charge is -2.20. The maximum atomic E-state index is 13.9. The van der Waals surface area contributed by atoms with Crippen molar-refractivity contribution in [2.75, 3.05) is 10.6 Å². The van der Waals surface area contributed by atoms with Crippen LogP contribution in [0.15, 0.2) is 132 Å². The first-order valence-corrected chi connectivity index (χ1v) is 12.7. The quantitative estimate of drug-likeness (QED) is 0.256. The summed E-state index contributed by atoms with van der Waals surface area (Å²) in [5.74, 6) is 0.255. The number of aliphatic imine (C=N–C) groups is 1. The maximum Gasteiger partial charge on any atom is 0.276 e. The third-order valence-electron chi connectivity index (χ3n) is 6.78. The summed E-state index contributed by atoms with van der Waals surface area (Å²) in [6.45, 7) is 0. The number of carbonyl (C=O) groups excluding carboxylic acids is 1. The largest absolute Gasteiger partial charge is 0.339 e. The fourth-order valence-electron chi connectivity index (χ4n) is 5.04. The van der Waals surface area contributed by atoms with Gasteiger partial charge in [-0.25, -0.2) is 9.67 Å². The molecule has 0 saturated heterocycles. The molecule has 6 nitrogen and oxygen atoms in total. The number of anilines is 2. The van der Waals surface area contributed by atoms with Crippen LogP contribution in [-0.4, -0.2) is 21.5 Å². The van der Waals surface area contributed by atoms with E-state index in [-0.39, 0.29) is 11.6 Å². The average molecular weight is 506 g/mol. The zero-order valence-electron chi connectivity index (χ0n) is 20.9. The van der Waals surface area contributed by atoms with Crippen molar-refractivity contribution in [1.29, 1.82) is 0 Å². The molecule has 0 aliphatic carbocycles. The summed E-state index contributed by atoms with van der Waals surface area (Å²) < 4.78 is 1.83.